The minimum atomic E-state index is -2.98. The minimum Gasteiger partial charge on any atom is -0.306 e. The summed E-state index contributed by atoms with van der Waals surface area (Å²) in [7, 11) is -2.98. The van der Waals surface area contributed by atoms with E-state index in [1.165, 1.54) is 0 Å². The first-order chi connectivity index (χ1) is 6.82. The monoisotopic (exact) mass is 233 g/mol. The fourth-order valence-electron chi connectivity index (χ4n) is 1.35. The molecule has 15 heavy (non-hydrogen) atoms. The van der Waals surface area contributed by atoms with Crippen LogP contribution in [-0.4, -0.2) is 30.1 Å². The second-order valence-electron chi connectivity index (χ2n) is 4.39. The van der Waals surface area contributed by atoms with Crippen LogP contribution in [0.2, 0.25) is 0 Å². The van der Waals surface area contributed by atoms with E-state index in [2.05, 4.69) is 4.99 Å². The first-order valence-electron chi connectivity index (χ1n) is 5.32. The highest BCUT2D eigenvalue weighted by atomic mass is 31.2. The van der Waals surface area contributed by atoms with E-state index in [-0.39, 0.29) is 18.2 Å². The molecule has 0 saturated heterocycles. The van der Waals surface area contributed by atoms with Crippen LogP contribution in [0.15, 0.2) is 4.99 Å². The smallest absolute Gasteiger partial charge is 0.306 e. The molecule has 0 bridgehead atoms. The predicted molar refractivity (Wildman–Crippen MR) is 61.8 cm³/mol. The molecule has 1 aliphatic rings. The number of aliphatic imine (C=N–C) groups is 1. The van der Waals surface area contributed by atoms with Crippen LogP contribution in [0.3, 0.4) is 0 Å². The highest BCUT2D eigenvalue weighted by Gasteiger charge is 2.36. The van der Waals surface area contributed by atoms with E-state index < -0.39 is 7.60 Å². The summed E-state index contributed by atoms with van der Waals surface area (Å²) in [5.41, 5.74) is 1.04. The van der Waals surface area contributed by atoms with Crippen LogP contribution in [0, 0.1) is 0 Å². The lowest BCUT2D eigenvalue weighted by Crippen LogP contribution is -2.14. The molecule has 1 aliphatic heterocycles. The predicted octanol–water partition coefficient (Wildman–Crippen LogP) is 2.87. The molecular formula is C10H20NO3P. The van der Waals surface area contributed by atoms with Crippen molar-refractivity contribution in [2.24, 2.45) is 4.99 Å². The Morgan fingerprint density at radius 2 is 1.67 bits per heavy atom. The highest BCUT2D eigenvalue weighted by molar-refractivity contribution is 7.54. The topological polar surface area (TPSA) is 47.9 Å². The molecule has 4 nitrogen and oxygen atoms in total. The van der Waals surface area contributed by atoms with Gasteiger partial charge in [0.05, 0.1) is 24.4 Å². The summed E-state index contributed by atoms with van der Waals surface area (Å²) in [6.45, 7) is 9.36. The molecule has 1 unspecified atom stereocenters. The average Bonchev–Trinajstić information content (AvgIpc) is 2.59. The Morgan fingerprint density at radius 3 is 1.93 bits per heavy atom. The molecule has 5 heteroatoms. The largest absolute Gasteiger partial charge is 0.333 e. The summed E-state index contributed by atoms with van der Waals surface area (Å²) in [6.07, 6.45) is 0.206. The van der Waals surface area contributed by atoms with Gasteiger partial charge in [0.15, 0.2) is 0 Å². The normalized spacial score (nSPS) is 21.0. The molecular weight excluding hydrogens is 213 g/mol. The molecule has 0 spiro atoms. The van der Waals surface area contributed by atoms with Crippen molar-refractivity contribution in [3.8, 4) is 0 Å². The molecule has 0 aromatic heterocycles. The zero-order chi connectivity index (χ0) is 11.6. The molecule has 0 aromatic rings. The molecule has 0 fully saturated rings. The van der Waals surface area contributed by atoms with E-state index in [1.807, 2.05) is 34.6 Å². The van der Waals surface area contributed by atoms with Crippen LogP contribution >= 0.6 is 7.60 Å². The third-order valence-corrected chi connectivity index (χ3v) is 4.19. The van der Waals surface area contributed by atoms with Crippen molar-refractivity contribution in [2.45, 2.75) is 52.9 Å². The van der Waals surface area contributed by atoms with Crippen LogP contribution in [0.1, 0.15) is 34.6 Å². The summed E-state index contributed by atoms with van der Waals surface area (Å²) in [6, 6.07) is 0.0772. The quantitative estimate of drug-likeness (QED) is 0.663. The number of rotatable bonds is 6. The van der Waals surface area contributed by atoms with Gasteiger partial charge in [-0.05, 0) is 34.6 Å². The molecule has 0 aliphatic carbocycles. The average molecular weight is 233 g/mol. The lowest BCUT2D eigenvalue weighted by Gasteiger charge is -2.22. The molecule has 0 amide bonds. The maximum absolute atomic E-state index is 12.3. The van der Waals surface area contributed by atoms with E-state index in [1.54, 1.807) is 0 Å². The molecule has 1 atom stereocenters. The van der Waals surface area contributed by atoms with E-state index in [9.17, 15) is 4.57 Å². The Labute approximate surface area is 91.6 Å². The van der Waals surface area contributed by atoms with Crippen molar-refractivity contribution in [3.05, 3.63) is 0 Å². The highest BCUT2D eigenvalue weighted by Crippen LogP contribution is 2.52. The van der Waals surface area contributed by atoms with Gasteiger partial charge in [0.1, 0.15) is 0 Å². The van der Waals surface area contributed by atoms with Gasteiger partial charge < -0.3 is 9.05 Å². The number of hydrogen-bond donors (Lipinski definition) is 0. The summed E-state index contributed by atoms with van der Waals surface area (Å²) in [5.74, 6) is 0. The molecule has 1 rings (SSSR count). The zero-order valence-corrected chi connectivity index (χ0v) is 11.0. The van der Waals surface area contributed by atoms with Crippen molar-refractivity contribution in [1.29, 1.82) is 0 Å². The zero-order valence-electron chi connectivity index (χ0n) is 10.1. The molecule has 0 radical (unpaired) electrons. The van der Waals surface area contributed by atoms with Crippen molar-refractivity contribution in [2.75, 3.05) is 6.16 Å². The standard InChI is InChI=1S/C10H20NO3P/c1-7(2)13-15(12,14-8(3)4)6-10-9(5)11-10/h7-8,10H,6H2,1-5H3. The van der Waals surface area contributed by atoms with E-state index >= 15 is 0 Å². The summed E-state index contributed by atoms with van der Waals surface area (Å²) in [4.78, 5) is 4.14. The lowest BCUT2D eigenvalue weighted by atomic mass is 10.4. The van der Waals surface area contributed by atoms with Crippen LogP contribution in [0.4, 0.5) is 0 Å². The van der Waals surface area contributed by atoms with Crippen molar-refractivity contribution in [3.63, 3.8) is 0 Å². The number of nitrogens with zero attached hydrogens (tertiary/aromatic N) is 1. The van der Waals surface area contributed by atoms with Gasteiger partial charge in [0.2, 0.25) is 0 Å². The Balaban J connectivity index is 2.55. The fourth-order valence-corrected chi connectivity index (χ4v) is 3.62. The third-order valence-electron chi connectivity index (χ3n) is 1.91. The summed E-state index contributed by atoms with van der Waals surface area (Å²) < 4.78 is 23.1. The van der Waals surface area contributed by atoms with Gasteiger partial charge >= 0.3 is 7.60 Å². The van der Waals surface area contributed by atoms with Gasteiger partial charge in [-0.3, -0.25) is 9.56 Å². The van der Waals surface area contributed by atoms with Crippen molar-refractivity contribution < 1.29 is 13.6 Å². The van der Waals surface area contributed by atoms with Crippen LogP contribution in [0.25, 0.3) is 0 Å². The summed E-state index contributed by atoms with van der Waals surface area (Å²) >= 11 is 0. The molecule has 0 N–H and O–H groups in total. The number of hydrogen-bond acceptors (Lipinski definition) is 4. The Bertz CT molecular complexity index is 285. The van der Waals surface area contributed by atoms with E-state index in [4.69, 9.17) is 9.05 Å². The molecule has 88 valence electrons. The van der Waals surface area contributed by atoms with Crippen LogP contribution in [0.5, 0.6) is 0 Å². The summed E-state index contributed by atoms with van der Waals surface area (Å²) in [5, 5.41) is 0. The Kier molecular flexibility index (Phi) is 4.10. The van der Waals surface area contributed by atoms with Crippen molar-refractivity contribution >= 4 is 13.3 Å². The molecule has 1 heterocycles. The second kappa shape index (κ2) is 4.77. The van der Waals surface area contributed by atoms with Gasteiger partial charge in [-0.1, -0.05) is 0 Å². The minimum absolute atomic E-state index is 0.0772. The van der Waals surface area contributed by atoms with Gasteiger partial charge in [0, 0.05) is 5.71 Å². The maximum Gasteiger partial charge on any atom is 0.333 e. The van der Waals surface area contributed by atoms with Gasteiger partial charge in [-0.15, -0.1) is 0 Å². The van der Waals surface area contributed by atoms with Crippen molar-refractivity contribution in [1.82, 2.24) is 0 Å². The van der Waals surface area contributed by atoms with E-state index in [0.29, 0.717) is 6.16 Å². The maximum atomic E-state index is 12.3. The van der Waals surface area contributed by atoms with Gasteiger partial charge in [0.25, 0.3) is 0 Å². The van der Waals surface area contributed by atoms with Crippen LogP contribution in [-0.2, 0) is 13.6 Å². The Morgan fingerprint density at radius 1 is 1.27 bits per heavy atom. The van der Waals surface area contributed by atoms with Gasteiger partial charge in [-0.2, -0.15) is 0 Å². The fraction of sp³-hybridized carbons (Fsp3) is 0.900. The Hall–Kier alpha value is -0.180. The molecule has 0 aromatic carbocycles. The lowest BCUT2D eigenvalue weighted by molar-refractivity contribution is 0.143. The second-order valence-corrected chi connectivity index (χ2v) is 6.40. The SMILES string of the molecule is CC1=NC1CP(=O)(OC(C)C)OC(C)C. The molecule has 0 saturated carbocycles. The van der Waals surface area contributed by atoms with E-state index in [0.717, 1.165) is 5.71 Å². The first-order valence-corrected chi connectivity index (χ1v) is 7.05. The third kappa shape index (κ3) is 4.45. The van der Waals surface area contributed by atoms with Crippen LogP contribution < -0.4 is 0 Å². The van der Waals surface area contributed by atoms with Gasteiger partial charge in [-0.25, -0.2) is 0 Å². The first kappa shape index (κ1) is 12.9.